The molecule has 1 amide bonds. The van der Waals surface area contributed by atoms with Crippen LogP contribution >= 0.6 is 15.9 Å². The number of carbonyl (C=O) groups is 1. The van der Waals surface area contributed by atoms with Gasteiger partial charge < -0.3 is 10.1 Å². The van der Waals surface area contributed by atoms with Crippen LogP contribution < -0.4 is 0 Å². The maximum Gasteiger partial charge on any atom is 0.408 e. The molecule has 1 atom stereocenters. The van der Waals surface area contributed by atoms with E-state index in [1.165, 1.54) is 0 Å². The second-order valence-corrected chi connectivity index (χ2v) is 7.80. The van der Waals surface area contributed by atoms with Crippen molar-refractivity contribution in [3.8, 4) is 11.3 Å². The van der Waals surface area contributed by atoms with Crippen LogP contribution in [0.5, 0.6) is 0 Å². The van der Waals surface area contributed by atoms with Crippen LogP contribution in [0.25, 0.3) is 11.3 Å². The van der Waals surface area contributed by atoms with E-state index in [4.69, 9.17) is 0 Å². The number of halogens is 1. The van der Waals surface area contributed by atoms with Crippen LogP contribution in [0.4, 0.5) is 4.79 Å². The summed E-state index contributed by atoms with van der Waals surface area (Å²) in [6.07, 6.45) is 3.08. The molecule has 27 heavy (non-hydrogen) atoms. The van der Waals surface area contributed by atoms with Crippen molar-refractivity contribution in [2.75, 3.05) is 6.54 Å². The van der Waals surface area contributed by atoms with Gasteiger partial charge in [0.1, 0.15) is 11.4 Å². The molecule has 1 aliphatic heterocycles. The fourth-order valence-corrected chi connectivity index (χ4v) is 4.20. The van der Waals surface area contributed by atoms with Crippen LogP contribution in [-0.2, 0) is 12.0 Å². The first-order valence-corrected chi connectivity index (χ1v) is 9.74. The molecule has 1 aromatic heterocycles. The topological polar surface area (TPSA) is 69.2 Å². The van der Waals surface area contributed by atoms with Crippen molar-refractivity contribution >= 4 is 22.0 Å². The minimum Gasteiger partial charge on any atom is -0.465 e. The molecule has 2 aromatic carbocycles. The molecular formula is C21H20BrN3O2. The molecule has 0 bridgehead atoms. The molecule has 2 heterocycles. The van der Waals surface area contributed by atoms with Crippen LogP contribution in [0, 0.1) is 0 Å². The number of H-pyrrole nitrogens is 1. The van der Waals surface area contributed by atoms with Gasteiger partial charge in [0.25, 0.3) is 0 Å². The minimum absolute atomic E-state index is 0.524. The van der Waals surface area contributed by atoms with Crippen molar-refractivity contribution in [2.45, 2.75) is 24.8 Å². The lowest BCUT2D eigenvalue weighted by Gasteiger charge is -2.35. The predicted molar refractivity (Wildman–Crippen MR) is 108 cm³/mol. The third kappa shape index (κ3) is 3.37. The number of imidazole rings is 1. The highest BCUT2D eigenvalue weighted by Crippen LogP contribution is 2.41. The normalized spacial score (nSPS) is 19.4. The van der Waals surface area contributed by atoms with Gasteiger partial charge in [-0.3, -0.25) is 4.90 Å². The average Bonchev–Trinajstić information content (AvgIpc) is 3.31. The van der Waals surface area contributed by atoms with E-state index in [1.54, 1.807) is 11.1 Å². The highest BCUT2D eigenvalue weighted by molar-refractivity contribution is 9.10. The predicted octanol–water partition coefficient (Wildman–Crippen LogP) is 5.05. The first-order valence-electron chi connectivity index (χ1n) is 8.94. The number of rotatable bonds is 4. The van der Waals surface area contributed by atoms with E-state index in [0.717, 1.165) is 34.1 Å². The number of carboxylic acid groups (broad SMARTS) is 1. The largest absolute Gasteiger partial charge is 0.465 e. The van der Waals surface area contributed by atoms with Gasteiger partial charge in [0.2, 0.25) is 0 Å². The van der Waals surface area contributed by atoms with Gasteiger partial charge in [-0.1, -0.05) is 58.4 Å². The Labute approximate surface area is 166 Å². The lowest BCUT2D eigenvalue weighted by atomic mass is 9.87. The molecule has 0 saturated carbocycles. The number of aromatic nitrogens is 2. The standard InChI is InChI=1S/C21H20BrN3O2/c22-17-9-7-16(8-10-17)18-14-23-19(24-18)21(11-4-12-25(21)20(26)27)13-15-5-2-1-3-6-15/h1-3,5-10,14H,4,11-13H2,(H,23,24)(H,26,27). The summed E-state index contributed by atoms with van der Waals surface area (Å²) >= 11 is 3.45. The third-order valence-corrected chi connectivity index (χ3v) is 5.76. The number of benzene rings is 2. The molecular weight excluding hydrogens is 406 g/mol. The first kappa shape index (κ1) is 17.8. The van der Waals surface area contributed by atoms with Crippen molar-refractivity contribution in [1.82, 2.24) is 14.9 Å². The summed E-state index contributed by atoms with van der Waals surface area (Å²) in [5.74, 6) is 0.712. The van der Waals surface area contributed by atoms with Crippen molar-refractivity contribution in [2.24, 2.45) is 0 Å². The summed E-state index contributed by atoms with van der Waals surface area (Å²) in [4.78, 5) is 21.6. The molecule has 4 rings (SSSR count). The zero-order chi connectivity index (χ0) is 18.9. The fourth-order valence-electron chi connectivity index (χ4n) is 3.94. The number of nitrogens with one attached hydrogen (secondary N) is 1. The summed E-state index contributed by atoms with van der Waals surface area (Å²) in [6, 6.07) is 18.0. The highest BCUT2D eigenvalue weighted by Gasteiger charge is 2.47. The Hall–Kier alpha value is -2.60. The lowest BCUT2D eigenvalue weighted by molar-refractivity contribution is 0.0963. The van der Waals surface area contributed by atoms with Crippen LogP contribution in [-0.4, -0.2) is 32.6 Å². The summed E-state index contributed by atoms with van der Waals surface area (Å²) in [6.45, 7) is 0.524. The molecule has 138 valence electrons. The smallest absolute Gasteiger partial charge is 0.408 e. The van der Waals surface area contributed by atoms with E-state index in [2.05, 4.69) is 25.9 Å². The molecule has 5 nitrogen and oxygen atoms in total. The maximum absolute atomic E-state index is 12.0. The van der Waals surface area contributed by atoms with Gasteiger partial charge >= 0.3 is 6.09 Å². The number of amides is 1. The Kier molecular flexibility index (Phi) is 4.74. The van der Waals surface area contributed by atoms with Crippen molar-refractivity contribution in [3.63, 3.8) is 0 Å². The van der Waals surface area contributed by atoms with Crippen molar-refractivity contribution in [1.29, 1.82) is 0 Å². The SMILES string of the molecule is O=C(O)N1CCCC1(Cc1ccccc1)c1ncc(-c2ccc(Br)cc2)[nH]1. The van der Waals surface area contributed by atoms with Crippen LogP contribution in [0.1, 0.15) is 24.2 Å². The molecule has 1 unspecified atom stereocenters. The van der Waals surface area contributed by atoms with E-state index >= 15 is 0 Å². The average molecular weight is 426 g/mol. The molecule has 1 fully saturated rings. The summed E-state index contributed by atoms with van der Waals surface area (Å²) in [7, 11) is 0. The second kappa shape index (κ2) is 7.19. The van der Waals surface area contributed by atoms with Crippen LogP contribution in [0.15, 0.2) is 65.3 Å². The first-order chi connectivity index (χ1) is 13.1. The van der Waals surface area contributed by atoms with Crippen LogP contribution in [0.2, 0.25) is 0 Å². The summed E-state index contributed by atoms with van der Waals surface area (Å²) in [5.41, 5.74) is 2.35. The molecule has 2 N–H and O–H groups in total. The van der Waals surface area contributed by atoms with E-state index in [1.807, 2.05) is 54.6 Å². The number of aromatic amines is 1. The van der Waals surface area contributed by atoms with E-state index < -0.39 is 11.6 Å². The highest BCUT2D eigenvalue weighted by atomic mass is 79.9. The van der Waals surface area contributed by atoms with Crippen LogP contribution in [0.3, 0.4) is 0 Å². The molecule has 0 radical (unpaired) electrons. The minimum atomic E-state index is -0.898. The Balaban J connectivity index is 1.75. The lowest BCUT2D eigenvalue weighted by Crippen LogP contribution is -2.46. The second-order valence-electron chi connectivity index (χ2n) is 6.88. The van der Waals surface area contributed by atoms with Gasteiger partial charge in [-0.2, -0.15) is 0 Å². The number of likely N-dealkylation sites (tertiary alicyclic amines) is 1. The van der Waals surface area contributed by atoms with Gasteiger partial charge in [0, 0.05) is 17.4 Å². The number of hydrogen-bond donors (Lipinski definition) is 2. The molecule has 1 saturated heterocycles. The van der Waals surface area contributed by atoms with E-state index in [-0.39, 0.29) is 0 Å². The monoisotopic (exact) mass is 425 g/mol. The Morgan fingerprint density at radius 1 is 1.19 bits per heavy atom. The molecule has 0 spiro atoms. The number of nitrogens with zero attached hydrogens (tertiary/aromatic N) is 2. The number of hydrogen-bond acceptors (Lipinski definition) is 2. The molecule has 0 aliphatic carbocycles. The van der Waals surface area contributed by atoms with E-state index in [0.29, 0.717) is 18.8 Å². The quantitative estimate of drug-likeness (QED) is 0.614. The zero-order valence-corrected chi connectivity index (χ0v) is 16.3. The fraction of sp³-hybridized carbons (Fsp3) is 0.238. The molecule has 1 aliphatic rings. The maximum atomic E-state index is 12.0. The van der Waals surface area contributed by atoms with Gasteiger partial charge in [0.15, 0.2) is 0 Å². The van der Waals surface area contributed by atoms with Gasteiger partial charge in [-0.15, -0.1) is 0 Å². The van der Waals surface area contributed by atoms with Crippen molar-refractivity contribution < 1.29 is 9.90 Å². The molecule has 6 heteroatoms. The van der Waals surface area contributed by atoms with E-state index in [9.17, 15) is 9.90 Å². The third-order valence-electron chi connectivity index (χ3n) is 5.23. The zero-order valence-electron chi connectivity index (χ0n) is 14.7. The molecule has 3 aromatic rings. The van der Waals surface area contributed by atoms with Gasteiger partial charge in [0.05, 0.1) is 11.9 Å². The Morgan fingerprint density at radius 3 is 2.63 bits per heavy atom. The Bertz CT molecular complexity index is 940. The summed E-state index contributed by atoms with van der Waals surface area (Å²) < 4.78 is 1.01. The van der Waals surface area contributed by atoms with Gasteiger partial charge in [-0.05, 0) is 36.1 Å². The summed E-state index contributed by atoms with van der Waals surface area (Å²) in [5, 5.41) is 9.82. The van der Waals surface area contributed by atoms with Gasteiger partial charge in [-0.25, -0.2) is 9.78 Å². The van der Waals surface area contributed by atoms with Crippen molar-refractivity contribution in [3.05, 3.63) is 76.7 Å². The Morgan fingerprint density at radius 2 is 1.93 bits per heavy atom.